The fraction of sp³-hybridized carbons (Fsp3) is 0.412. The van der Waals surface area contributed by atoms with Gasteiger partial charge < -0.3 is 44.6 Å². The number of aromatic amines is 2. The molecule has 342 valence electrons. The second-order valence-electron chi connectivity index (χ2n) is 18.7. The highest BCUT2D eigenvalue weighted by Gasteiger charge is 2.43. The van der Waals surface area contributed by atoms with Gasteiger partial charge in [0.15, 0.2) is 0 Å². The first-order chi connectivity index (χ1) is 31.9. The summed E-state index contributed by atoms with van der Waals surface area (Å²) in [4.78, 5) is 74.6. The van der Waals surface area contributed by atoms with E-state index in [0.29, 0.717) is 23.9 Å². The molecule has 0 unspecified atom stereocenters. The molecule has 4 amide bonds. The molecule has 4 N–H and O–H groups in total. The van der Waals surface area contributed by atoms with Crippen molar-refractivity contribution >= 4 is 45.8 Å². The van der Waals surface area contributed by atoms with Gasteiger partial charge in [-0.05, 0) is 105 Å². The molecule has 2 saturated heterocycles. The summed E-state index contributed by atoms with van der Waals surface area (Å²) in [5.74, 6) is 2.12. The van der Waals surface area contributed by atoms with E-state index in [1.807, 2.05) is 67.0 Å². The monoisotopic (exact) mass is 892 g/mol. The molecule has 4 aromatic carbocycles. The summed E-state index contributed by atoms with van der Waals surface area (Å²) in [6.07, 6.45) is 3.94. The van der Waals surface area contributed by atoms with Crippen LogP contribution in [0.5, 0.6) is 5.75 Å². The Morgan fingerprint density at radius 3 is 2.11 bits per heavy atom. The molecule has 3 fully saturated rings. The van der Waals surface area contributed by atoms with Crippen LogP contribution in [-0.4, -0.2) is 86.1 Å². The van der Waals surface area contributed by atoms with Gasteiger partial charge in [-0.25, -0.2) is 19.6 Å². The molecule has 1 aliphatic carbocycles. The first-order valence-electron chi connectivity index (χ1n) is 23.1. The van der Waals surface area contributed by atoms with Gasteiger partial charge in [0, 0.05) is 40.2 Å². The lowest BCUT2D eigenvalue weighted by atomic mass is 9.92. The van der Waals surface area contributed by atoms with E-state index in [2.05, 4.69) is 63.9 Å². The number of nitrogens with zero attached hydrogens (tertiary/aromatic N) is 4. The maximum absolute atomic E-state index is 14.4. The lowest BCUT2D eigenvalue weighted by Gasteiger charge is -2.32. The van der Waals surface area contributed by atoms with E-state index in [1.165, 1.54) is 14.2 Å². The Morgan fingerprint density at radius 2 is 1.42 bits per heavy atom. The Hall–Kier alpha value is -6.90. The average Bonchev–Trinajstić information content (AvgIpc) is 3.59. The number of nitrogens with one attached hydrogen (secondary N) is 4. The van der Waals surface area contributed by atoms with Gasteiger partial charge in [0.05, 0.1) is 43.0 Å². The Labute approximate surface area is 383 Å². The van der Waals surface area contributed by atoms with Crippen molar-refractivity contribution in [2.24, 2.45) is 5.92 Å². The first-order valence-corrected chi connectivity index (χ1v) is 23.1. The summed E-state index contributed by atoms with van der Waals surface area (Å²) < 4.78 is 16.3. The zero-order valence-electron chi connectivity index (χ0n) is 38.1. The van der Waals surface area contributed by atoms with Crippen molar-refractivity contribution in [1.29, 1.82) is 0 Å². The van der Waals surface area contributed by atoms with Crippen molar-refractivity contribution in [3.63, 3.8) is 0 Å². The topological polar surface area (TPSA) is 184 Å². The van der Waals surface area contributed by atoms with Crippen LogP contribution in [0.15, 0.2) is 72.8 Å². The number of rotatable bonds is 10. The van der Waals surface area contributed by atoms with E-state index >= 15 is 0 Å². The summed E-state index contributed by atoms with van der Waals surface area (Å²) in [6, 6.07) is 21.8. The van der Waals surface area contributed by atoms with Crippen LogP contribution in [-0.2, 0) is 25.7 Å². The van der Waals surface area contributed by atoms with Crippen molar-refractivity contribution in [3.05, 3.63) is 101 Å². The van der Waals surface area contributed by atoms with Crippen LogP contribution in [0, 0.1) is 5.92 Å². The molecule has 10 rings (SSSR count). The number of ether oxygens (including phenoxy) is 3. The SMILES string of the molecule is COC(=O)N[C@H](C(=O)N1[C@@H](C)CC[C@H]1c1nc2c(ccc3cc4c(cc32)OCc2cc(-c3nc([C@@H]5CC[C@H](C)N5C(=O)[C@H](NC(=O)OC)c5ccccc5)[nH]c3C3CC3)ccc2-4)[nH]1)C(C)C. The molecule has 15 heteroatoms. The van der Waals surface area contributed by atoms with Gasteiger partial charge in [-0.2, -0.15) is 0 Å². The average molecular weight is 893 g/mol. The Bertz CT molecular complexity index is 2870. The van der Waals surface area contributed by atoms with Gasteiger partial charge in [0.2, 0.25) is 5.91 Å². The number of likely N-dealkylation sites (tertiary alicyclic amines) is 2. The van der Waals surface area contributed by atoms with Crippen LogP contribution >= 0.6 is 0 Å². The predicted molar refractivity (Wildman–Crippen MR) is 248 cm³/mol. The molecule has 15 nitrogen and oxygen atoms in total. The van der Waals surface area contributed by atoms with Crippen molar-refractivity contribution in [1.82, 2.24) is 40.4 Å². The summed E-state index contributed by atoms with van der Waals surface area (Å²) in [7, 11) is 2.59. The highest BCUT2D eigenvalue weighted by Crippen LogP contribution is 2.48. The summed E-state index contributed by atoms with van der Waals surface area (Å²) in [6.45, 7) is 8.29. The second kappa shape index (κ2) is 17.1. The quantitative estimate of drug-likeness (QED) is 0.104. The predicted octanol–water partition coefficient (Wildman–Crippen LogP) is 9.12. The molecule has 4 aliphatic rings. The van der Waals surface area contributed by atoms with Gasteiger partial charge in [0.1, 0.15) is 36.1 Å². The minimum absolute atomic E-state index is 0.0295. The number of H-pyrrole nitrogens is 2. The van der Waals surface area contributed by atoms with Crippen LogP contribution in [0.3, 0.4) is 0 Å². The molecule has 6 atom stereocenters. The molecule has 0 bridgehead atoms. The normalized spacial score (nSPS) is 21.0. The zero-order chi connectivity index (χ0) is 46.0. The third kappa shape index (κ3) is 7.67. The summed E-state index contributed by atoms with van der Waals surface area (Å²) in [5, 5.41) is 7.50. The number of benzene rings is 4. The molecule has 66 heavy (non-hydrogen) atoms. The van der Waals surface area contributed by atoms with E-state index in [4.69, 9.17) is 24.2 Å². The number of amides is 4. The number of carbonyl (C=O) groups excluding carboxylic acids is 4. The Morgan fingerprint density at radius 1 is 0.742 bits per heavy atom. The standard InChI is InChI=1S/C51H56N8O7/c1-26(2)41(56-50(62)64-5)48(60)58-27(3)12-20-38(58)46-52-37-19-17-31-23-36-34-18-16-32(22-33(34)25-66-40(36)24-35(31)45(37)55-46)43-42(30-14-15-30)53-47(54-43)39-21-13-28(4)59(39)49(61)44(57-51(63)65-6)29-10-8-7-9-11-29/h7-11,16-19,22-24,26-28,30,38-39,41,44H,12-15,20-21,25H2,1-6H3,(H,52,55)(H,53,54)(H,56,62)(H,57,63)/t27-,28-,38-,39-,41-,44+/m0/s1. The highest BCUT2D eigenvalue weighted by atomic mass is 16.5. The molecule has 3 aliphatic heterocycles. The Balaban J connectivity index is 0.939. The zero-order valence-corrected chi connectivity index (χ0v) is 38.1. The number of aromatic nitrogens is 4. The van der Waals surface area contributed by atoms with E-state index in [0.717, 1.165) is 106 Å². The Kier molecular flexibility index (Phi) is 11.2. The summed E-state index contributed by atoms with van der Waals surface area (Å²) in [5.41, 5.74) is 8.49. The van der Waals surface area contributed by atoms with E-state index in [1.54, 1.807) is 0 Å². The van der Waals surface area contributed by atoms with E-state index < -0.39 is 24.3 Å². The lowest BCUT2D eigenvalue weighted by Crippen LogP contribution is -2.52. The minimum Gasteiger partial charge on any atom is -0.488 e. The number of fused-ring (bicyclic) bond motifs is 6. The molecular formula is C51H56N8O7. The molecule has 0 spiro atoms. The van der Waals surface area contributed by atoms with Gasteiger partial charge in [-0.3, -0.25) is 9.59 Å². The summed E-state index contributed by atoms with van der Waals surface area (Å²) >= 11 is 0. The highest BCUT2D eigenvalue weighted by molar-refractivity contribution is 6.07. The van der Waals surface area contributed by atoms with E-state index in [-0.39, 0.29) is 41.9 Å². The van der Waals surface area contributed by atoms with Crippen molar-refractivity contribution in [2.75, 3.05) is 14.2 Å². The number of methoxy groups -OCH3 is 2. The smallest absolute Gasteiger partial charge is 0.407 e. The molecular weight excluding hydrogens is 837 g/mol. The minimum atomic E-state index is -0.909. The fourth-order valence-electron chi connectivity index (χ4n) is 10.4. The third-order valence-corrected chi connectivity index (χ3v) is 14.1. The largest absolute Gasteiger partial charge is 0.488 e. The number of carbonyl (C=O) groups is 4. The van der Waals surface area contributed by atoms with Gasteiger partial charge in [-0.15, -0.1) is 0 Å². The molecule has 0 radical (unpaired) electrons. The number of hydrogen-bond donors (Lipinski definition) is 4. The van der Waals surface area contributed by atoms with Crippen LogP contribution in [0.4, 0.5) is 9.59 Å². The van der Waals surface area contributed by atoms with Crippen molar-refractivity contribution in [2.45, 2.75) is 115 Å². The van der Waals surface area contributed by atoms with Crippen LogP contribution in [0.2, 0.25) is 0 Å². The van der Waals surface area contributed by atoms with Crippen molar-refractivity contribution in [3.8, 4) is 28.1 Å². The third-order valence-electron chi connectivity index (χ3n) is 14.1. The van der Waals surface area contributed by atoms with E-state index in [9.17, 15) is 19.2 Å². The maximum atomic E-state index is 14.4. The van der Waals surface area contributed by atoms with Gasteiger partial charge in [-0.1, -0.05) is 62.4 Å². The molecule has 5 heterocycles. The number of imidazole rings is 2. The van der Waals surface area contributed by atoms with Gasteiger partial charge in [0.25, 0.3) is 5.91 Å². The molecule has 1 saturated carbocycles. The first kappa shape index (κ1) is 43.0. The second-order valence-corrected chi connectivity index (χ2v) is 18.7. The maximum Gasteiger partial charge on any atom is 0.407 e. The van der Waals surface area contributed by atoms with Gasteiger partial charge >= 0.3 is 12.2 Å². The van der Waals surface area contributed by atoms with Crippen molar-refractivity contribution < 1.29 is 33.4 Å². The fourth-order valence-corrected chi connectivity index (χ4v) is 10.4. The lowest BCUT2D eigenvalue weighted by molar-refractivity contribution is -0.137. The molecule has 2 aromatic heterocycles. The number of alkyl carbamates (subject to hydrolysis) is 2. The number of hydrogen-bond acceptors (Lipinski definition) is 9. The van der Waals surface area contributed by atoms with Crippen LogP contribution in [0.25, 0.3) is 44.2 Å². The van der Waals surface area contributed by atoms with Crippen LogP contribution in [0.1, 0.15) is 119 Å². The van der Waals surface area contributed by atoms with Crippen LogP contribution < -0.4 is 15.4 Å². The molecule has 6 aromatic rings.